The third-order valence-electron chi connectivity index (χ3n) is 4.84. The third kappa shape index (κ3) is 4.93. The highest BCUT2D eigenvalue weighted by molar-refractivity contribution is 7.89. The Bertz CT molecular complexity index is 1050. The molecule has 3 rings (SSSR count). The molecule has 0 spiro atoms. The predicted molar refractivity (Wildman–Crippen MR) is 110 cm³/mol. The van der Waals surface area contributed by atoms with Gasteiger partial charge in [0.25, 0.3) is 11.6 Å². The van der Waals surface area contributed by atoms with Crippen LogP contribution in [0, 0.1) is 10.1 Å². The van der Waals surface area contributed by atoms with Gasteiger partial charge in [-0.2, -0.15) is 0 Å². The third-order valence-corrected chi connectivity index (χ3v) is 5.77. The smallest absolute Gasteiger partial charge is 0.293 e. The highest BCUT2D eigenvalue weighted by atomic mass is 32.2. The van der Waals surface area contributed by atoms with Crippen molar-refractivity contribution in [2.75, 3.05) is 31.2 Å². The summed E-state index contributed by atoms with van der Waals surface area (Å²) in [5.74, 6) is -0.477. The van der Waals surface area contributed by atoms with Crippen molar-refractivity contribution in [1.29, 1.82) is 0 Å². The van der Waals surface area contributed by atoms with Crippen LogP contribution in [-0.4, -0.2) is 45.6 Å². The largest absolute Gasteiger partial charge is 0.378 e. The number of sulfonamides is 1. The SMILES string of the molecule is C[C@@H](NC(=O)c1ccc(N2CCOCC2)c([N+](=O)[O-])c1)c1ccc(S(N)(=O)=O)cc1. The summed E-state index contributed by atoms with van der Waals surface area (Å²) in [5, 5.41) is 19.4. The molecule has 1 saturated heterocycles. The number of benzene rings is 2. The van der Waals surface area contributed by atoms with E-state index in [4.69, 9.17) is 9.88 Å². The van der Waals surface area contributed by atoms with Gasteiger partial charge in [-0.15, -0.1) is 0 Å². The molecule has 1 aliphatic heterocycles. The van der Waals surface area contributed by atoms with E-state index >= 15 is 0 Å². The van der Waals surface area contributed by atoms with E-state index in [-0.39, 0.29) is 16.1 Å². The number of hydrogen-bond acceptors (Lipinski definition) is 7. The van der Waals surface area contributed by atoms with Gasteiger partial charge < -0.3 is 15.0 Å². The Balaban J connectivity index is 1.77. The van der Waals surface area contributed by atoms with Crippen molar-refractivity contribution in [3.63, 3.8) is 0 Å². The van der Waals surface area contributed by atoms with Crippen LogP contribution in [0.2, 0.25) is 0 Å². The molecule has 1 amide bonds. The number of morpholine rings is 1. The van der Waals surface area contributed by atoms with Gasteiger partial charge in [-0.3, -0.25) is 14.9 Å². The molecule has 3 N–H and O–H groups in total. The number of nitro benzene ring substituents is 1. The molecule has 1 fully saturated rings. The number of amides is 1. The fourth-order valence-corrected chi connectivity index (χ4v) is 3.71. The maximum absolute atomic E-state index is 12.6. The van der Waals surface area contributed by atoms with Gasteiger partial charge in [-0.25, -0.2) is 13.6 Å². The zero-order chi connectivity index (χ0) is 21.9. The monoisotopic (exact) mass is 434 g/mol. The topological polar surface area (TPSA) is 145 Å². The van der Waals surface area contributed by atoms with Gasteiger partial charge in [0.05, 0.1) is 29.1 Å². The lowest BCUT2D eigenvalue weighted by atomic mass is 10.1. The van der Waals surface area contributed by atoms with Crippen molar-refractivity contribution in [2.45, 2.75) is 17.9 Å². The first kappa shape index (κ1) is 21.7. The fraction of sp³-hybridized carbons (Fsp3) is 0.316. The van der Waals surface area contributed by atoms with Crippen LogP contribution in [0.3, 0.4) is 0 Å². The van der Waals surface area contributed by atoms with Crippen LogP contribution < -0.4 is 15.4 Å². The zero-order valence-electron chi connectivity index (χ0n) is 16.3. The minimum atomic E-state index is -3.80. The van der Waals surface area contributed by atoms with Crippen LogP contribution in [0.5, 0.6) is 0 Å². The summed E-state index contributed by atoms with van der Waals surface area (Å²) >= 11 is 0. The first-order valence-corrected chi connectivity index (χ1v) is 10.8. The number of nitrogens with two attached hydrogens (primary N) is 1. The number of carbonyl (C=O) groups is 1. The first-order chi connectivity index (χ1) is 14.2. The summed E-state index contributed by atoms with van der Waals surface area (Å²) in [6, 6.07) is 9.74. The molecule has 0 unspecified atom stereocenters. The van der Waals surface area contributed by atoms with E-state index < -0.39 is 26.9 Å². The van der Waals surface area contributed by atoms with E-state index in [0.29, 0.717) is 37.6 Å². The normalized spacial score (nSPS) is 15.5. The van der Waals surface area contributed by atoms with Gasteiger partial charge in [0.2, 0.25) is 10.0 Å². The molecule has 2 aromatic rings. The van der Waals surface area contributed by atoms with Crippen molar-refractivity contribution in [1.82, 2.24) is 5.32 Å². The van der Waals surface area contributed by atoms with Crippen molar-refractivity contribution in [2.24, 2.45) is 5.14 Å². The molecule has 1 atom stereocenters. The molecule has 1 heterocycles. The van der Waals surface area contributed by atoms with Crippen LogP contribution in [0.25, 0.3) is 0 Å². The van der Waals surface area contributed by atoms with Crippen molar-refractivity contribution >= 4 is 27.3 Å². The average Bonchev–Trinajstić information content (AvgIpc) is 2.73. The summed E-state index contributed by atoms with van der Waals surface area (Å²) in [6.45, 7) is 3.78. The molecule has 160 valence electrons. The number of rotatable bonds is 6. The molecular formula is C19H22N4O6S. The van der Waals surface area contributed by atoms with Crippen LogP contribution >= 0.6 is 0 Å². The molecule has 30 heavy (non-hydrogen) atoms. The Hall–Kier alpha value is -3.02. The van der Waals surface area contributed by atoms with Gasteiger partial charge in [-0.1, -0.05) is 12.1 Å². The molecule has 2 aromatic carbocycles. The van der Waals surface area contributed by atoms with Crippen molar-refractivity contribution < 1.29 is 22.9 Å². The number of carbonyl (C=O) groups excluding carboxylic acids is 1. The van der Waals surface area contributed by atoms with Gasteiger partial charge in [-0.05, 0) is 36.8 Å². The standard InChI is InChI=1S/C19H22N4O6S/c1-13(14-2-5-16(6-3-14)30(20,27)28)21-19(24)15-4-7-17(18(12-15)23(25)26)22-8-10-29-11-9-22/h2-7,12-13H,8-11H2,1H3,(H,21,24)(H2,20,27,28)/t13-/m1/s1. The summed E-state index contributed by atoms with van der Waals surface area (Å²) in [7, 11) is -3.80. The van der Waals surface area contributed by atoms with E-state index in [9.17, 15) is 23.3 Å². The van der Waals surface area contributed by atoms with Crippen molar-refractivity contribution in [3.8, 4) is 0 Å². The number of nitrogens with one attached hydrogen (secondary N) is 1. The van der Waals surface area contributed by atoms with E-state index in [1.807, 2.05) is 4.90 Å². The second kappa shape index (κ2) is 8.78. The number of primary sulfonamides is 1. The number of nitrogens with zero attached hydrogens (tertiary/aromatic N) is 2. The van der Waals surface area contributed by atoms with E-state index in [1.54, 1.807) is 31.2 Å². The summed E-state index contributed by atoms with van der Waals surface area (Å²) in [4.78, 5) is 25.5. The highest BCUT2D eigenvalue weighted by Crippen LogP contribution is 2.30. The minimum absolute atomic E-state index is 0.0286. The Morgan fingerprint density at radius 1 is 1.20 bits per heavy atom. The number of hydrogen-bond donors (Lipinski definition) is 2. The Morgan fingerprint density at radius 2 is 1.83 bits per heavy atom. The Morgan fingerprint density at radius 3 is 2.40 bits per heavy atom. The fourth-order valence-electron chi connectivity index (χ4n) is 3.19. The second-order valence-electron chi connectivity index (χ2n) is 6.87. The van der Waals surface area contributed by atoms with E-state index in [2.05, 4.69) is 5.32 Å². The summed E-state index contributed by atoms with van der Waals surface area (Å²) in [5.41, 5.74) is 1.13. The number of nitro groups is 1. The summed E-state index contributed by atoms with van der Waals surface area (Å²) < 4.78 is 28.0. The van der Waals surface area contributed by atoms with Crippen LogP contribution in [-0.2, 0) is 14.8 Å². The molecule has 1 aliphatic rings. The molecular weight excluding hydrogens is 412 g/mol. The Kier molecular flexibility index (Phi) is 6.34. The van der Waals surface area contributed by atoms with Crippen LogP contribution in [0.4, 0.5) is 11.4 Å². The van der Waals surface area contributed by atoms with Gasteiger partial charge >= 0.3 is 0 Å². The first-order valence-electron chi connectivity index (χ1n) is 9.21. The van der Waals surface area contributed by atoms with Gasteiger partial charge in [0, 0.05) is 24.7 Å². The van der Waals surface area contributed by atoms with E-state index in [1.165, 1.54) is 18.2 Å². The molecule has 10 nitrogen and oxygen atoms in total. The summed E-state index contributed by atoms with van der Waals surface area (Å²) in [6.07, 6.45) is 0. The van der Waals surface area contributed by atoms with Gasteiger partial charge in [0.1, 0.15) is 5.69 Å². The lowest BCUT2D eigenvalue weighted by Gasteiger charge is -2.28. The lowest BCUT2D eigenvalue weighted by Crippen LogP contribution is -2.36. The molecule has 0 aliphatic carbocycles. The van der Waals surface area contributed by atoms with Crippen LogP contribution in [0.15, 0.2) is 47.4 Å². The number of anilines is 1. The Labute approximate surface area is 173 Å². The molecule has 11 heteroatoms. The maximum Gasteiger partial charge on any atom is 0.293 e. The molecule has 0 aromatic heterocycles. The predicted octanol–water partition coefficient (Wildman–Crippen LogP) is 1.57. The van der Waals surface area contributed by atoms with Crippen LogP contribution in [0.1, 0.15) is 28.9 Å². The number of ether oxygens (including phenoxy) is 1. The van der Waals surface area contributed by atoms with Gasteiger partial charge in [0.15, 0.2) is 0 Å². The second-order valence-corrected chi connectivity index (χ2v) is 8.43. The van der Waals surface area contributed by atoms with Crippen molar-refractivity contribution in [3.05, 3.63) is 63.7 Å². The van der Waals surface area contributed by atoms with E-state index in [0.717, 1.165) is 0 Å². The lowest BCUT2D eigenvalue weighted by molar-refractivity contribution is -0.384. The minimum Gasteiger partial charge on any atom is -0.378 e. The average molecular weight is 434 g/mol. The quantitative estimate of drug-likeness (QED) is 0.518. The highest BCUT2D eigenvalue weighted by Gasteiger charge is 2.24. The molecule has 0 radical (unpaired) electrons. The zero-order valence-corrected chi connectivity index (χ0v) is 17.1. The molecule has 0 saturated carbocycles. The molecule has 0 bridgehead atoms. The maximum atomic E-state index is 12.6.